The molecule has 86 valence electrons. The zero-order valence-corrected chi connectivity index (χ0v) is 10.4. The fourth-order valence-electron chi connectivity index (χ4n) is 3.21. The molecule has 0 aromatic heterocycles. The van der Waals surface area contributed by atoms with Crippen LogP contribution >= 0.6 is 0 Å². The van der Waals surface area contributed by atoms with Crippen molar-refractivity contribution in [3.63, 3.8) is 0 Å². The lowest BCUT2D eigenvalue weighted by molar-refractivity contribution is 1.27. The van der Waals surface area contributed by atoms with Gasteiger partial charge in [0.25, 0.3) is 0 Å². The molecule has 0 N–H and O–H groups in total. The molecule has 0 spiro atoms. The lowest BCUT2D eigenvalue weighted by Gasteiger charge is -2.07. The Balaban J connectivity index is 2.12. The van der Waals surface area contributed by atoms with Gasteiger partial charge < -0.3 is 0 Å². The van der Waals surface area contributed by atoms with E-state index in [1.54, 1.807) is 0 Å². The maximum absolute atomic E-state index is 2.29. The van der Waals surface area contributed by atoms with E-state index in [-0.39, 0.29) is 0 Å². The van der Waals surface area contributed by atoms with Gasteiger partial charge in [-0.3, -0.25) is 0 Å². The van der Waals surface area contributed by atoms with Crippen molar-refractivity contribution in [2.45, 2.75) is 13.3 Å². The van der Waals surface area contributed by atoms with Gasteiger partial charge in [-0.1, -0.05) is 54.6 Å². The summed E-state index contributed by atoms with van der Waals surface area (Å²) in [5.41, 5.74) is 7.25. The summed E-state index contributed by atoms with van der Waals surface area (Å²) in [5, 5.41) is 2.76. The molecule has 0 heteroatoms. The van der Waals surface area contributed by atoms with Crippen molar-refractivity contribution in [1.82, 2.24) is 0 Å². The summed E-state index contributed by atoms with van der Waals surface area (Å²) in [4.78, 5) is 0. The number of rotatable bonds is 0. The van der Waals surface area contributed by atoms with Crippen molar-refractivity contribution in [3.05, 3.63) is 71.3 Å². The summed E-state index contributed by atoms with van der Waals surface area (Å²) in [7, 11) is 0. The predicted octanol–water partition coefficient (Wildman–Crippen LogP) is 4.72. The van der Waals surface area contributed by atoms with E-state index in [0.29, 0.717) is 0 Å². The summed E-state index contributed by atoms with van der Waals surface area (Å²) >= 11 is 0. The number of aryl methyl sites for hydroxylation is 1. The van der Waals surface area contributed by atoms with Gasteiger partial charge in [0.15, 0.2) is 0 Å². The molecule has 18 heavy (non-hydrogen) atoms. The Morgan fingerprint density at radius 3 is 2.67 bits per heavy atom. The van der Waals surface area contributed by atoms with Crippen molar-refractivity contribution in [1.29, 1.82) is 0 Å². The first kappa shape index (κ1) is 9.90. The lowest BCUT2D eigenvalue weighted by atomic mass is 9.97. The van der Waals surface area contributed by atoms with E-state index in [9.17, 15) is 0 Å². The van der Waals surface area contributed by atoms with Crippen LogP contribution in [-0.4, -0.2) is 0 Å². The zero-order chi connectivity index (χ0) is 12.1. The monoisotopic (exact) mass is 230 g/mol. The van der Waals surface area contributed by atoms with E-state index >= 15 is 0 Å². The molecule has 0 bridgehead atoms. The summed E-state index contributed by atoms with van der Waals surface area (Å²) in [6.07, 6.45) is 1.08. The van der Waals surface area contributed by atoms with Crippen LogP contribution in [0.1, 0.15) is 16.7 Å². The zero-order valence-electron chi connectivity index (χ0n) is 10.4. The molecule has 1 aliphatic carbocycles. The summed E-state index contributed by atoms with van der Waals surface area (Å²) < 4.78 is 0. The Kier molecular flexibility index (Phi) is 1.90. The molecule has 0 heterocycles. The van der Waals surface area contributed by atoms with Gasteiger partial charge in [-0.25, -0.2) is 0 Å². The van der Waals surface area contributed by atoms with Crippen LogP contribution in [0.5, 0.6) is 0 Å². The van der Waals surface area contributed by atoms with Gasteiger partial charge in [-0.15, -0.1) is 0 Å². The van der Waals surface area contributed by atoms with Crippen LogP contribution in [0.15, 0.2) is 54.6 Å². The second kappa shape index (κ2) is 3.46. The van der Waals surface area contributed by atoms with E-state index in [4.69, 9.17) is 0 Å². The largest absolute Gasteiger partial charge is 0.0617 e. The SMILES string of the molecule is Cc1cccc2c1-c1ccc3ccccc3c1C2. The van der Waals surface area contributed by atoms with E-state index in [2.05, 4.69) is 61.5 Å². The molecular weight excluding hydrogens is 216 g/mol. The molecule has 4 rings (SSSR count). The highest BCUT2D eigenvalue weighted by Crippen LogP contribution is 2.41. The van der Waals surface area contributed by atoms with Gasteiger partial charge >= 0.3 is 0 Å². The van der Waals surface area contributed by atoms with Crippen molar-refractivity contribution >= 4 is 10.8 Å². The van der Waals surface area contributed by atoms with Gasteiger partial charge in [-0.2, -0.15) is 0 Å². The molecule has 1 aliphatic rings. The first-order chi connectivity index (χ1) is 8.84. The highest BCUT2D eigenvalue weighted by Gasteiger charge is 2.21. The summed E-state index contributed by atoms with van der Waals surface area (Å²) in [5.74, 6) is 0. The second-order valence-electron chi connectivity index (χ2n) is 5.10. The van der Waals surface area contributed by atoms with Crippen LogP contribution < -0.4 is 0 Å². The molecule has 0 nitrogen and oxygen atoms in total. The Morgan fingerprint density at radius 1 is 0.833 bits per heavy atom. The quantitative estimate of drug-likeness (QED) is 0.410. The predicted molar refractivity (Wildman–Crippen MR) is 76.9 cm³/mol. The normalized spacial score (nSPS) is 12.5. The fraction of sp³-hybridized carbons (Fsp3) is 0.111. The number of hydrogen-bond donors (Lipinski definition) is 0. The maximum atomic E-state index is 2.29. The summed E-state index contributed by atoms with van der Waals surface area (Å²) in [6.45, 7) is 2.21. The van der Waals surface area contributed by atoms with Crippen LogP contribution in [0.2, 0.25) is 0 Å². The minimum atomic E-state index is 1.08. The lowest BCUT2D eigenvalue weighted by Crippen LogP contribution is -1.83. The Hall–Kier alpha value is -2.08. The van der Waals surface area contributed by atoms with Gasteiger partial charge in [0.2, 0.25) is 0 Å². The Morgan fingerprint density at radius 2 is 1.72 bits per heavy atom. The van der Waals surface area contributed by atoms with Crippen LogP contribution in [0.3, 0.4) is 0 Å². The van der Waals surface area contributed by atoms with Crippen molar-refractivity contribution in [2.24, 2.45) is 0 Å². The van der Waals surface area contributed by atoms with Gasteiger partial charge in [0.05, 0.1) is 0 Å². The van der Waals surface area contributed by atoms with Gasteiger partial charge in [-0.05, 0) is 51.9 Å². The smallest absolute Gasteiger partial charge is 0.000718 e. The highest BCUT2D eigenvalue weighted by molar-refractivity contribution is 5.95. The average Bonchev–Trinajstić information content (AvgIpc) is 2.79. The molecule has 3 aromatic rings. The number of benzene rings is 3. The molecular formula is C18H14. The highest BCUT2D eigenvalue weighted by atomic mass is 14.2. The Bertz CT molecular complexity index is 766. The van der Waals surface area contributed by atoms with Crippen molar-refractivity contribution in [3.8, 4) is 11.1 Å². The minimum absolute atomic E-state index is 1.08. The third-order valence-corrected chi connectivity index (χ3v) is 4.04. The van der Waals surface area contributed by atoms with Crippen molar-refractivity contribution < 1.29 is 0 Å². The van der Waals surface area contributed by atoms with Crippen LogP contribution in [-0.2, 0) is 6.42 Å². The molecule has 0 saturated carbocycles. The molecule has 0 radical (unpaired) electrons. The average molecular weight is 230 g/mol. The molecule has 0 atom stereocenters. The fourth-order valence-corrected chi connectivity index (χ4v) is 3.21. The molecule has 0 aliphatic heterocycles. The van der Waals surface area contributed by atoms with E-state index in [0.717, 1.165) is 6.42 Å². The van der Waals surface area contributed by atoms with E-state index in [1.165, 1.54) is 38.6 Å². The van der Waals surface area contributed by atoms with E-state index < -0.39 is 0 Å². The minimum Gasteiger partial charge on any atom is -0.0617 e. The van der Waals surface area contributed by atoms with Crippen LogP contribution in [0.4, 0.5) is 0 Å². The number of fused-ring (bicyclic) bond motifs is 5. The van der Waals surface area contributed by atoms with E-state index in [1.807, 2.05) is 0 Å². The molecule has 0 amide bonds. The molecule has 0 saturated heterocycles. The molecule has 0 unspecified atom stereocenters. The molecule has 3 aromatic carbocycles. The maximum Gasteiger partial charge on any atom is -0.000718 e. The number of hydrogen-bond acceptors (Lipinski definition) is 0. The summed E-state index contributed by atoms with van der Waals surface area (Å²) in [6, 6.07) is 19.9. The topological polar surface area (TPSA) is 0 Å². The Labute approximate surface area is 107 Å². The van der Waals surface area contributed by atoms with Crippen LogP contribution in [0.25, 0.3) is 21.9 Å². The third kappa shape index (κ3) is 1.20. The van der Waals surface area contributed by atoms with Gasteiger partial charge in [0.1, 0.15) is 0 Å². The first-order valence-electron chi connectivity index (χ1n) is 6.44. The standard InChI is InChI=1S/C18H14/c1-12-5-4-7-14-11-17-15-8-3-2-6-13(15)9-10-16(17)18(12)14/h2-10H,11H2,1H3. The third-order valence-electron chi connectivity index (χ3n) is 4.04. The van der Waals surface area contributed by atoms with Crippen molar-refractivity contribution in [2.75, 3.05) is 0 Å². The molecule has 0 fully saturated rings. The van der Waals surface area contributed by atoms with Gasteiger partial charge in [0, 0.05) is 0 Å². The second-order valence-corrected chi connectivity index (χ2v) is 5.10. The first-order valence-corrected chi connectivity index (χ1v) is 6.44. The van der Waals surface area contributed by atoms with Crippen LogP contribution in [0, 0.1) is 6.92 Å².